The van der Waals surface area contributed by atoms with Crippen molar-refractivity contribution < 1.29 is 4.79 Å². The second kappa shape index (κ2) is 7.94. The van der Waals surface area contributed by atoms with E-state index in [0.717, 1.165) is 0 Å². The molecule has 2 heterocycles. The molecule has 3 rings (SSSR count). The SMILES string of the molecule is Cc1nn(-c2ccccc2Cl)c(Cl)c1/C=c1\s/c(=C\C(=O)C(C)(C)C)n(C)c1=O. The Morgan fingerprint density at radius 3 is 2.48 bits per heavy atom. The van der Waals surface area contributed by atoms with Gasteiger partial charge in [0.2, 0.25) is 0 Å². The van der Waals surface area contributed by atoms with Gasteiger partial charge in [-0.3, -0.25) is 9.59 Å². The topological polar surface area (TPSA) is 56.9 Å². The standard InChI is InChI=1S/C21H21Cl2N3O2S/c1-12-13(19(23)26(24-12)15-9-7-6-8-14(15)22)10-16-20(28)25(5)18(29-16)11-17(27)21(2,3)4/h6-11H,1-5H3/b16-10-,18-11-. The fourth-order valence-corrected chi connectivity index (χ4v) is 4.17. The summed E-state index contributed by atoms with van der Waals surface area (Å²) in [5, 5.41) is 5.36. The van der Waals surface area contributed by atoms with E-state index in [1.165, 1.54) is 22.0 Å². The molecule has 1 aromatic carbocycles. The number of carbonyl (C=O) groups is 1. The van der Waals surface area contributed by atoms with Crippen LogP contribution in [0.1, 0.15) is 32.0 Å². The molecular weight excluding hydrogens is 429 g/mol. The minimum atomic E-state index is -0.514. The lowest BCUT2D eigenvalue weighted by Crippen LogP contribution is -2.30. The van der Waals surface area contributed by atoms with E-state index in [1.54, 1.807) is 23.9 Å². The van der Waals surface area contributed by atoms with Crippen LogP contribution in [0.4, 0.5) is 0 Å². The van der Waals surface area contributed by atoms with E-state index in [4.69, 9.17) is 23.2 Å². The van der Waals surface area contributed by atoms with Crippen molar-refractivity contribution in [2.24, 2.45) is 12.5 Å². The lowest BCUT2D eigenvalue weighted by atomic mass is 9.91. The molecule has 0 spiro atoms. The van der Waals surface area contributed by atoms with Crippen molar-refractivity contribution in [3.05, 3.63) is 65.2 Å². The Balaban J connectivity index is 2.17. The minimum Gasteiger partial charge on any atom is -0.302 e. The Labute approximate surface area is 182 Å². The van der Waals surface area contributed by atoms with Crippen LogP contribution in [-0.4, -0.2) is 20.1 Å². The largest absolute Gasteiger partial charge is 0.302 e. The molecule has 0 amide bonds. The van der Waals surface area contributed by atoms with Gasteiger partial charge in [0, 0.05) is 24.1 Å². The van der Waals surface area contributed by atoms with Crippen molar-refractivity contribution in [1.29, 1.82) is 0 Å². The van der Waals surface area contributed by atoms with Crippen molar-refractivity contribution in [3.8, 4) is 5.69 Å². The number of halogens is 2. The number of thiazole rings is 1. The second-order valence-electron chi connectivity index (χ2n) is 7.72. The maximum atomic E-state index is 12.7. The summed E-state index contributed by atoms with van der Waals surface area (Å²) in [4.78, 5) is 25.0. The number of hydrogen-bond donors (Lipinski definition) is 0. The van der Waals surface area contributed by atoms with Crippen molar-refractivity contribution in [1.82, 2.24) is 14.3 Å². The summed E-state index contributed by atoms with van der Waals surface area (Å²) in [6.07, 6.45) is 3.23. The average molecular weight is 450 g/mol. The molecule has 0 saturated heterocycles. The van der Waals surface area contributed by atoms with Gasteiger partial charge in [-0.25, -0.2) is 4.68 Å². The highest BCUT2D eigenvalue weighted by molar-refractivity contribution is 7.07. The molecule has 152 valence electrons. The Bertz CT molecular complexity index is 1280. The van der Waals surface area contributed by atoms with Crippen LogP contribution in [0.15, 0.2) is 29.1 Å². The molecule has 0 fully saturated rings. The van der Waals surface area contributed by atoms with Crippen LogP contribution in [0.5, 0.6) is 0 Å². The summed E-state index contributed by atoms with van der Waals surface area (Å²) in [5.74, 6) is -0.0401. The van der Waals surface area contributed by atoms with Crippen molar-refractivity contribution in [2.75, 3.05) is 0 Å². The molecule has 0 N–H and O–H groups in total. The summed E-state index contributed by atoms with van der Waals surface area (Å²) in [6.45, 7) is 7.35. The maximum Gasteiger partial charge on any atom is 0.268 e. The molecule has 0 atom stereocenters. The summed E-state index contributed by atoms with van der Waals surface area (Å²) < 4.78 is 4.10. The highest BCUT2D eigenvalue weighted by Crippen LogP contribution is 2.27. The molecule has 3 aromatic rings. The Hall–Kier alpha value is -2.15. The van der Waals surface area contributed by atoms with Crippen LogP contribution in [0.25, 0.3) is 17.8 Å². The molecule has 0 bridgehead atoms. The van der Waals surface area contributed by atoms with E-state index in [9.17, 15) is 9.59 Å². The Morgan fingerprint density at radius 2 is 1.86 bits per heavy atom. The molecule has 0 aliphatic rings. The molecule has 0 aliphatic heterocycles. The van der Waals surface area contributed by atoms with Gasteiger partial charge in [0.05, 0.1) is 20.9 Å². The van der Waals surface area contributed by atoms with Crippen LogP contribution in [0, 0.1) is 12.3 Å². The lowest BCUT2D eigenvalue weighted by molar-refractivity contribution is -0.120. The highest BCUT2D eigenvalue weighted by Gasteiger charge is 2.19. The monoisotopic (exact) mass is 449 g/mol. The number of carbonyl (C=O) groups excluding carboxylic acids is 1. The molecule has 0 unspecified atom stereocenters. The number of rotatable bonds is 3. The fourth-order valence-electron chi connectivity index (χ4n) is 2.63. The predicted molar refractivity (Wildman–Crippen MR) is 120 cm³/mol. The second-order valence-corrected chi connectivity index (χ2v) is 9.55. The number of Topliss-reactive ketones (excluding diaryl/α,β-unsaturated/α-hetero) is 1. The smallest absolute Gasteiger partial charge is 0.268 e. The summed E-state index contributed by atoms with van der Waals surface area (Å²) >= 11 is 14.1. The van der Waals surface area contributed by atoms with Gasteiger partial charge in [-0.1, -0.05) is 56.1 Å². The van der Waals surface area contributed by atoms with Gasteiger partial charge in [-0.15, -0.1) is 11.3 Å². The molecular formula is C21H21Cl2N3O2S. The maximum absolute atomic E-state index is 12.7. The summed E-state index contributed by atoms with van der Waals surface area (Å²) in [5.41, 5.74) is 1.26. The van der Waals surface area contributed by atoms with Crippen molar-refractivity contribution >= 4 is 52.5 Å². The van der Waals surface area contributed by atoms with Gasteiger partial charge in [0.25, 0.3) is 5.56 Å². The van der Waals surface area contributed by atoms with Crippen LogP contribution in [-0.2, 0) is 11.8 Å². The highest BCUT2D eigenvalue weighted by atomic mass is 35.5. The Kier molecular flexibility index (Phi) is 5.90. The number of para-hydroxylation sites is 1. The molecule has 8 heteroatoms. The minimum absolute atomic E-state index is 0.0401. The third-order valence-electron chi connectivity index (χ3n) is 4.46. The average Bonchev–Trinajstić information content (AvgIpc) is 3.07. The van der Waals surface area contributed by atoms with Gasteiger partial charge < -0.3 is 4.57 Å². The Morgan fingerprint density at radius 1 is 1.21 bits per heavy atom. The van der Waals surface area contributed by atoms with Gasteiger partial charge in [0.1, 0.15) is 9.82 Å². The van der Waals surface area contributed by atoms with Crippen LogP contribution < -0.4 is 14.8 Å². The van der Waals surface area contributed by atoms with Crippen molar-refractivity contribution in [2.45, 2.75) is 27.7 Å². The zero-order chi connectivity index (χ0) is 21.5. The van der Waals surface area contributed by atoms with Crippen LogP contribution in [0.3, 0.4) is 0 Å². The first-order chi connectivity index (χ1) is 13.5. The third kappa shape index (κ3) is 4.25. The number of aryl methyl sites for hydroxylation is 1. The van der Waals surface area contributed by atoms with E-state index in [0.29, 0.717) is 36.3 Å². The van der Waals surface area contributed by atoms with E-state index in [2.05, 4.69) is 5.10 Å². The van der Waals surface area contributed by atoms with E-state index < -0.39 is 5.41 Å². The first kappa shape index (κ1) is 21.6. The molecule has 29 heavy (non-hydrogen) atoms. The fraction of sp³-hybridized carbons (Fsp3) is 0.286. The molecule has 5 nitrogen and oxygen atoms in total. The van der Waals surface area contributed by atoms with Crippen LogP contribution in [0.2, 0.25) is 10.2 Å². The third-order valence-corrected chi connectivity index (χ3v) is 6.25. The molecule has 2 aromatic heterocycles. The zero-order valence-electron chi connectivity index (χ0n) is 16.8. The quantitative estimate of drug-likeness (QED) is 0.614. The van der Waals surface area contributed by atoms with Gasteiger partial charge in [-0.2, -0.15) is 5.10 Å². The molecule has 0 radical (unpaired) electrons. The number of ketones is 1. The van der Waals surface area contributed by atoms with E-state index in [-0.39, 0.29) is 11.3 Å². The summed E-state index contributed by atoms with van der Waals surface area (Å²) in [6, 6.07) is 7.26. The number of hydrogen-bond acceptors (Lipinski definition) is 4. The van der Waals surface area contributed by atoms with Crippen molar-refractivity contribution in [3.63, 3.8) is 0 Å². The number of nitrogens with zero attached hydrogens (tertiary/aromatic N) is 3. The lowest BCUT2D eigenvalue weighted by Gasteiger charge is -2.12. The van der Waals surface area contributed by atoms with Gasteiger partial charge >= 0.3 is 0 Å². The van der Waals surface area contributed by atoms with Crippen LogP contribution >= 0.6 is 34.5 Å². The normalized spacial score (nSPS) is 13.3. The van der Waals surface area contributed by atoms with Gasteiger partial charge in [0.15, 0.2) is 5.78 Å². The van der Waals surface area contributed by atoms with E-state index in [1.807, 2.05) is 45.9 Å². The summed E-state index contributed by atoms with van der Waals surface area (Å²) in [7, 11) is 1.65. The number of aromatic nitrogens is 3. The predicted octanol–water partition coefficient (Wildman–Crippen LogP) is 3.47. The first-order valence-corrected chi connectivity index (χ1v) is 10.5. The number of benzene rings is 1. The van der Waals surface area contributed by atoms with Gasteiger partial charge in [-0.05, 0) is 25.1 Å². The van der Waals surface area contributed by atoms with E-state index >= 15 is 0 Å². The first-order valence-electron chi connectivity index (χ1n) is 8.94. The molecule has 0 saturated carbocycles. The zero-order valence-corrected chi connectivity index (χ0v) is 19.1. The molecule has 0 aliphatic carbocycles.